The molecule has 1 saturated heterocycles. The molecule has 10 nitrogen and oxygen atoms in total. The fraction of sp³-hybridized carbons (Fsp3) is 0.306. The number of halogens is 2. The highest BCUT2D eigenvalue weighted by Gasteiger charge is 2.65. The van der Waals surface area contributed by atoms with Crippen LogP contribution in [0.4, 0.5) is 14.7 Å². The number of nitrogens with zero attached hydrogens (tertiary/aromatic N) is 4. The summed E-state index contributed by atoms with van der Waals surface area (Å²) < 4.78 is 68.0. The number of benzene rings is 3. The van der Waals surface area contributed by atoms with Crippen LogP contribution in [0.3, 0.4) is 0 Å². The third kappa shape index (κ3) is 6.03. The Kier molecular flexibility index (Phi) is 9.45. The van der Waals surface area contributed by atoms with E-state index in [4.69, 9.17) is 35.1 Å². The van der Waals surface area contributed by atoms with Crippen LogP contribution in [-0.2, 0) is 19.4 Å². The van der Waals surface area contributed by atoms with Gasteiger partial charge in [0.15, 0.2) is 25.4 Å². The Hall–Kier alpha value is -4.82. The zero-order valence-electron chi connectivity index (χ0n) is 27.4. The van der Waals surface area contributed by atoms with Crippen LogP contribution in [0.5, 0.6) is 11.6 Å². The van der Waals surface area contributed by atoms with Crippen molar-refractivity contribution < 1.29 is 32.1 Å². The molecule has 0 bridgehead atoms. The number of methoxy groups -OCH3 is 1. The van der Waals surface area contributed by atoms with E-state index in [9.17, 15) is 4.57 Å². The fourth-order valence-electron chi connectivity index (χ4n) is 6.17. The standard InChI is InChI=1S/C36H36F2N5O5P/c1-6-34(37)24(3)35(38,22-47-49(5)44)48-32(34)43-23-39-29-30(43)40-33(41-31(29)46-7-2)42-36(25-14-10-8-11-15-25,26-16-12-9-13-17-26)27-18-20-28(45-4)21-19-27/h1,8-21,23-24,32,49H,7,22H2,2-5H3,(H,40,41,42)/t24-,32+,34+,35+/m0/s1. The van der Waals surface area contributed by atoms with Crippen molar-refractivity contribution in [3.63, 3.8) is 0 Å². The van der Waals surface area contributed by atoms with Gasteiger partial charge in [-0.2, -0.15) is 9.97 Å². The van der Waals surface area contributed by atoms with Crippen LogP contribution in [-0.4, -0.2) is 58.0 Å². The number of terminal acetylenes is 1. The molecule has 0 spiro atoms. The van der Waals surface area contributed by atoms with Crippen molar-refractivity contribution >= 4 is 25.1 Å². The molecule has 3 heterocycles. The van der Waals surface area contributed by atoms with Crippen LogP contribution in [0, 0.1) is 18.3 Å². The minimum absolute atomic E-state index is 0.0782. The fourth-order valence-corrected chi connectivity index (χ4v) is 6.57. The molecule has 0 radical (unpaired) electrons. The first-order valence-electron chi connectivity index (χ1n) is 15.7. The summed E-state index contributed by atoms with van der Waals surface area (Å²) in [6, 6.07) is 27.2. The summed E-state index contributed by atoms with van der Waals surface area (Å²) in [7, 11) is -0.953. The van der Waals surface area contributed by atoms with E-state index in [1.165, 1.54) is 24.5 Å². The lowest BCUT2D eigenvalue weighted by Crippen LogP contribution is -2.40. The van der Waals surface area contributed by atoms with Gasteiger partial charge in [-0.15, -0.1) is 6.42 Å². The minimum Gasteiger partial charge on any atom is -0.497 e. The van der Waals surface area contributed by atoms with Crippen molar-refractivity contribution in [3.8, 4) is 24.0 Å². The van der Waals surface area contributed by atoms with Crippen molar-refractivity contribution in [3.05, 3.63) is 108 Å². The molecule has 1 aliphatic rings. The monoisotopic (exact) mass is 687 g/mol. The lowest BCUT2D eigenvalue weighted by atomic mass is 9.77. The van der Waals surface area contributed by atoms with Crippen LogP contribution in [0.2, 0.25) is 0 Å². The van der Waals surface area contributed by atoms with Crippen LogP contribution >= 0.6 is 8.03 Å². The van der Waals surface area contributed by atoms with Crippen molar-refractivity contribution in [1.29, 1.82) is 0 Å². The highest BCUT2D eigenvalue weighted by atomic mass is 31.1. The van der Waals surface area contributed by atoms with Crippen LogP contribution in [0.1, 0.15) is 36.8 Å². The molecule has 1 aliphatic heterocycles. The number of anilines is 1. The number of hydrogen-bond donors (Lipinski definition) is 1. The van der Waals surface area contributed by atoms with Gasteiger partial charge < -0.3 is 24.1 Å². The van der Waals surface area contributed by atoms with Gasteiger partial charge in [-0.25, -0.2) is 13.8 Å². The second-order valence-electron chi connectivity index (χ2n) is 11.6. The maximum absolute atomic E-state index is 16.7. The number of fused-ring (bicyclic) bond motifs is 1. The molecule has 1 N–H and O–H groups in total. The predicted octanol–water partition coefficient (Wildman–Crippen LogP) is 6.93. The second kappa shape index (κ2) is 13.6. The quantitative estimate of drug-likeness (QED) is 0.0849. The number of aromatic nitrogens is 4. The summed E-state index contributed by atoms with van der Waals surface area (Å²) in [4.78, 5) is 14.0. The molecular formula is C36H36F2N5O5P. The summed E-state index contributed by atoms with van der Waals surface area (Å²) in [5.41, 5.74) is -0.912. The zero-order chi connectivity index (χ0) is 34.8. The smallest absolute Gasteiger partial charge is 0.247 e. The molecule has 6 rings (SSSR count). The largest absolute Gasteiger partial charge is 0.497 e. The van der Waals surface area contributed by atoms with Crippen LogP contribution in [0.15, 0.2) is 91.3 Å². The molecule has 1 unspecified atom stereocenters. The van der Waals surface area contributed by atoms with E-state index < -0.39 is 43.8 Å². The maximum Gasteiger partial charge on any atom is 0.247 e. The summed E-state index contributed by atoms with van der Waals surface area (Å²) in [5.74, 6) is -1.23. The number of rotatable bonds is 12. The highest BCUT2D eigenvalue weighted by molar-refractivity contribution is 7.38. The van der Waals surface area contributed by atoms with Crippen LogP contribution in [0.25, 0.3) is 11.2 Å². The molecule has 5 aromatic rings. The number of hydrogen-bond acceptors (Lipinski definition) is 9. The number of ether oxygens (including phenoxy) is 3. The Morgan fingerprint density at radius 2 is 1.63 bits per heavy atom. The van der Waals surface area contributed by atoms with Gasteiger partial charge in [-0.05, 0) is 35.7 Å². The van der Waals surface area contributed by atoms with Gasteiger partial charge in [0.2, 0.25) is 23.4 Å². The molecule has 1 fully saturated rings. The van der Waals surface area contributed by atoms with Gasteiger partial charge >= 0.3 is 0 Å². The van der Waals surface area contributed by atoms with Gasteiger partial charge in [0.05, 0.1) is 26.0 Å². The Morgan fingerprint density at radius 1 is 1.02 bits per heavy atom. The minimum atomic E-state index is -2.69. The average molecular weight is 688 g/mol. The molecule has 49 heavy (non-hydrogen) atoms. The van der Waals surface area contributed by atoms with Gasteiger partial charge in [-0.3, -0.25) is 9.13 Å². The molecule has 0 aliphatic carbocycles. The van der Waals surface area contributed by atoms with Crippen molar-refractivity contribution in [1.82, 2.24) is 19.5 Å². The molecule has 254 valence electrons. The second-order valence-corrected chi connectivity index (χ2v) is 12.9. The highest BCUT2D eigenvalue weighted by Crippen LogP contribution is 2.53. The first kappa shape index (κ1) is 34.1. The van der Waals surface area contributed by atoms with E-state index in [0.29, 0.717) is 5.75 Å². The Bertz CT molecular complexity index is 1950. The third-order valence-corrected chi connectivity index (χ3v) is 9.35. The summed E-state index contributed by atoms with van der Waals surface area (Å²) in [5, 5.41) is 3.59. The van der Waals surface area contributed by atoms with E-state index in [0.717, 1.165) is 16.7 Å². The van der Waals surface area contributed by atoms with Crippen molar-refractivity contribution in [2.75, 3.05) is 32.3 Å². The molecule has 13 heteroatoms. The molecule has 3 aromatic carbocycles. The number of nitrogens with one attached hydrogen (secondary N) is 1. The normalized spacial score (nSPS) is 22.8. The van der Waals surface area contributed by atoms with Crippen molar-refractivity contribution in [2.45, 2.75) is 37.1 Å². The van der Waals surface area contributed by atoms with E-state index in [1.807, 2.05) is 84.9 Å². The van der Waals surface area contributed by atoms with Gasteiger partial charge in [0.25, 0.3) is 0 Å². The molecule has 0 amide bonds. The summed E-state index contributed by atoms with van der Waals surface area (Å²) in [6.07, 6.45) is 5.25. The molecular weight excluding hydrogens is 651 g/mol. The first-order chi connectivity index (χ1) is 23.6. The summed E-state index contributed by atoms with van der Waals surface area (Å²) >= 11 is 0. The Morgan fingerprint density at radius 3 is 2.18 bits per heavy atom. The van der Waals surface area contributed by atoms with Crippen molar-refractivity contribution in [2.24, 2.45) is 5.92 Å². The zero-order valence-corrected chi connectivity index (χ0v) is 28.4. The lowest BCUT2D eigenvalue weighted by molar-refractivity contribution is -0.186. The Balaban J connectivity index is 1.55. The molecule has 5 atom stereocenters. The predicted molar refractivity (Wildman–Crippen MR) is 183 cm³/mol. The van der Waals surface area contributed by atoms with Gasteiger partial charge in [-0.1, -0.05) is 85.6 Å². The molecule has 2 aromatic heterocycles. The lowest BCUT2D eigenvalue weighted by Gasteiger charge is -2.37. The topological polar surface area (TPSA) is 110 Å². The van der Waals surface area contributed by atoms with E-state index in [1.54, 1.807) is 14.0 Å². The van der Waals surface area contributed by atoms with E-state index in [2.05, 4.69) is 16.2 Å². The van der Waals surface area contributed by atoms with Crippen LogP contribution < -0.4 is 14.8 Å². The average Bonchev–Trinajstić information content (AvgIpc) is 3.64. The number of alkyl halides is 2. The third-order valence-electron chi connectivity index (χ3n) is 8.80. The maximum atomic E-state index is 16.7. The van der Waals surface area contributed by atoms with Gasteiger partial charge in [0, 0.05) is 6.66 Å². The van der Waals surface area contributed by atoms with Gasteiger partial charge in [0.1, 0.15) is 17.9 Å². The van der Waals surface area contributed by atoms with E-state index >= 15 is 8.78 Å². The number of imidazole rings is 1. The molecule has 0 saturated carbocycles. The Labute approximate surface area is 283 Å². The SMILES string of the molecule is C#C[C@]1(F)[C@H](n2cnc3c(OCC)nc(NC(c4ccccc4)(c4ccccc4)c4ccc(OC)cc4)nc32)O[C@](F)(CO[PH](C)=O)[C@H]1C. The van der Waals surface area contributed by atoms with E-state index in [-0.39, 0.29) is 29.6 Å². The summed E-state index contributed by atoms with van der Waals surface area (Å²) in [6.45, 7) is 3.83. The first-order valence-corrected chi connectivity index (χ1v) is 17.5.